The first-order valence-electron chi connectivity index (χ1n) is 7.91. The second kappa shape index (κ2) is 5.41. The number of pyridine rings is 1. The van der Waals surface area contributed by atoms with Gasteiger partial charge in [0.2, 0.25) is 5.95 Å². The van der Waals surface area contributed by atoms with Gasteiger partial charge in [-0.05, 0) is 31.5 Å². The molecule has 0 spiro atoms. The van der Waals surface area contributed by atoms with Crippen molar-refractivity contribution in [1.29, 1.82) is 0 Å². The normalized spacial score (nSPS) is 23.1. The molecule has 2 aromatic rings. The van der Waals surface area contributed by atoms with Gasteiger partial charge in [0.25, 0.3) is 0 Å². The Morgan fingerprint density at radius 3 is 2.54 bits per heavy atom. The smallest absolute Gasteiger partial charge is 0.225 e. The fourth-order valence-corrected chi connectivity index (χ4v) is 4.39. The van der Waals surface area contributed by atoms with Crippen LogP contribution in [0.25, 0.3) is 0 Å². The number of hydrogen-bond acceptors (Lipinski definition) is 7. The molecule has 24 heavy (non-hydrogen) atoms. The molecule has 3 saturated heterocycles. The Hall–Kier alpha value is -2.22. The van der Waals surface area contributed by atoms with Crippen LogP contribution in [-0.4, -0.2) is 54.8 Å². The number of aromatic nitrogens is 3. The van der Waals surface area contributed by atoms with Crippen LogP contribution in [0, 0.1) is 6.92 Å². The van der Waals surface area contributed by atoms with Gasteiger partial charge in [0.15, 0.2) is 9.84 Å². The van der Waals surface area contributed by atoms with Gasteiger partial charge in [0.1, 0.15) is 10.7 Å². The lowest BCUT2D eigenvalue weighted by molar-refractivity contribution is 0.285. The van der Waals surface area contributed by atoms with Crippen LogP contribution in [0.3, 0.4) is 0 Å². The van der Waals surface area contributed by atoms with Crippen molar-refractivity contribution in [2.45, 2.75) is 30.3 Å². The van der Waals surface area contributed by atoms with Gasteiger partial charge in [0, 0.05) is 37.4 Å². The highest BCUT2D eigenvalue weighted by Crippen LogP contribution is 2.39. The number of hydrogen-bond donors (Lipinski definition) is 0. The Kier molecular flexibility index (Phi) is 3.45. The fraction of sp³-hybridized carbons (Fsp3) is 0.438. The summed E-state index contributed by atoms with van der Waals surface area (Å²) >= 11 is 0. The molecule has 2 unspecified atom stereocenters. The van der Waals surface area contributed by atoms with E-state index >= 15 is 0 Å². The van der Waals surface area contributed by atoms with Gasteiger partial charge in [0.05, 0.1) is 12.1 Å². The van der Waals surface area contributed by atoms with Crippen molar-refractivity contribution in [3.8, 4) is 0 Å². The Bertz CT molecular complexity index is 874. The summed E-state index contributed by atoms with van der Waals surface area (Å²) < 4.78 is 24.1. The van der Waals surface area contributed by atoms with E-state index in [1.807, 2.05) is 13.0 Å². The summed E-state index contributed by atoms with van der Waals surface area (Å²) in [5, 5.41) is 0. The minimum Gasteiger partial charge on any atom is -0.346 e. The number of rotatable bonds is 3. The van der Waals surface area contributed by atoms with E-state index in [0.717, 1.165) is 31.2 Å². The summed E-state index contributed by atoms with van der Waals surface area (Å²) in [7, 11) is -3.30. The Morgan fingerprint density at radius 1 is 1.12 bits per heavy atom. The molecule has 0 saturated carbocycles. The van der Waals surface area contributed by atoms with Gasteiger partial charge in [-0.1, -0.05) is 0 Å². The van der Waals surface area contributed by atoms with Crippen LogP contribution < -0.4 is 9.80 Å². The van der Waals surface area contributed by atoms with E-state index in [2.05, 4.69) is 24.8 Å². The van der Waals surface area contributed by atoms with E-state index in [0.29, 0.717) is 10.7 Å². The van der Waals surface area contributed by atoms with Crippen molar-refractivity contribution in [2.75, 3.05) is 29.1 Å². The van der Waals surface area contributed by atoms with Crippen LogP contribution in [0.1, 0.15) is 12.1 Å². The molecule has 0 N–H and O–H groups in total. The molecule has 8 heteroatoms. The lowest BCUT2D eigenvalue weighted by Crippen LogP contribution is -2.69. The molecule has 3 aliphatic heterocycles. The van der Waals surface area contributed by atoms with Gasteiger partial charge in [-0.25, -0.2) is 23.4 Å². The van der Waals surface area contributed by atoms with Crippen LogP contribution in [0.5, 0.6) is 0 Å². The van der Waals surface area contributed by atoms with E-state index in [1.54, 1.807) is 24.5 Å². The van der Waals surface area contributed by atoms with E-state index in [4.69, 9.17) is 0 Å². The van der Waals surface area contributed by atoms with Crippen LogP contribution in [0.4, 0.5) is 11.8 Å². The maximum atomic E-state index is 12.0. The topological polar surface area (TPSA) is 79.3 Å². The average molecular weight is 345 g/mol. The minimum atomic E-state index is -3.30. The number of piperazine rings is 1. The first-order valence-corrected chi connectivity index (χ1v) is 9.80. The molecular weight excluding hydrogens is 326 g/mol. The van der Waals surface area contributed by atoms with Gasteiger partial charge >= 0.3 is 0 Å². The Balaban J connectivity index is 1.61. The zero-order valence-electron chi connectivity index (χ0n) is 13.6. The zero-order valence-corrected chi connectivity index (χ0v) is 14.4. The Labute approximate surface area is 141 Å². The summed E-state index contributed by atoms with van der Waals surface area (Å²) in [6.45, 7) is 3.51. The summed E-state index contributed by atoms with van der Waals surface area (Å²) in [4.78, 5) is 17.8. The maximum absolute atomic E-state index is 12.0. The predicted molar refractivity (Wildman–Crippen MR) is 91.0 cm³/mol. The van der Waals surface area contributed by atoms with Crippen LogP contribution >= 0.6 is 0 Å². The highest BCUT2D eigenvalue weighted by Gasteiger charge is 2.47. The van der Waals surface area contributed by atoms with Crippen molar-refractivity contribution < 1.29 is 8.42 Å². The van der Waals surface area contributed by atoms with Gasteiger partial charge < -0.3 is 9.80 Å². The summed E-state index contributed by atoms with van der Waals surface area (Å²) in [6, 6.07) is 5.66. The molecule has 0 amide bonds. The van der Waals surface area contributed by atoms with Gasteiger partial charge in [-0.2, -0.15) is 0 Å². The van der Waals surface area contributed by atoms with Crippen LogP contribution in [0.15, 0.2) is 35.5 Å². The first kappa shape index (κ1) is 15.3. The molecule has 2 aromatic heterocycles. The monoisotopic (exact) mass is 345 g/mol. The molecule has 3 aliphatic rings. The zero-order chi connectivity index (χ0) is 16.9. The van der Waals surface area contributed by atoms with Gasteiger partial charge in [-0.15, -0.1) is 0 Å². The van der Waals surface area contributed by atoms with E-state index in [-0.39, 0.29) is 12.1 Å². The Morgan fingerprint density at radius 2 is 1.88 bits per heavy atom. The van der Waals surface area contributed by atoms with E-state index < -0.39 is 9.84 Å². The number of anilines is 2. The largest absolute Gasteiger partial charge is 0.346 e. The third kappa shape index (κ3) is 2.50. The highest BCUT2D eigenvalue weighted by atomic mass is 32.2. The summed E-state index contributed by atoms with van der Waals surface area (Å²) in [5.41, 5.74) is 0.945. The second-order valence-electron chi connectivity index (χ2n) is 6.45. The van der Waals surface area contributed by atoms with Crippen molar-refractivity contribution in [2.24, 2.45) is 0 Å². The molecule has 126 valence electrons. The SMILES string of the molecule is Cc1ccnc(N2CC3CC(C2)N3c2ncccc2S(C)(=O)=O)n1. The number of fused-ring (bicyclic) bond motifs is 2. The average Bonchev–Trinajstić information content (AvgIpc) is 2.54. The number of nitrogens with zero attached hydrogens (tertiary/aromatic N) is 5. The fourth-order valence-electron chi connectivity index (χ4n) is 3.57. The highest BCUT2D eigenvalue weighted by molar-refractivity contribution is 7.90. The number of aryl methyl sites for hydroxylation is 1. The number of piperidine rings is 1. The van der Waals surface area contributed by atoms with E-state index in [1.165, 1.54) is 6.26 Å². The maximum Gasteiger partial charge on any atom is 0.225 e. The molecular formula is C16H19N5O2S. The molecule has 5 heterocycles. The van der Waals surface area contributed by atoms with Crippen molar-refractivity contribution in [1.82, 2.24) is 15.0 Å². The third-order valence-electron chi connectivity index (χ3n) is 4.65. The molecule has 0 aliphatic carbocycles. The molecule has 2 atom stereocenters. The summed E-state index contributed by atoms with van der Waals surface area (Å²) in [5.74, 6) is 1.32. The second-order valence-corrected chi connectivity index (χ2v) is 8.44. The van der Waals surface area contributed by atoms with Crippen molar-refractivity contribution in [3.05, 3.63) is 36.3 Å². The third-order valence-corrected chi connectivity index (χ3v) is 5.77. The van der Waals surface area contributed by atoms with Crippen molar-refractivity contribution >= 4 is 21.6 Å². The predicted octanol–water partition coefficient (Wildman–Crippen LogP) is 1.05. The quantitative estimate of drug-likeness (QED) is 0.822. The molecule has 0 aromatic carbocycles. The molecule has 3 fully saturated rings. The number of sulfone groups is 1. The lowest BCUT2D eigenvalue weighted by atomic mass is 9.87. The van der Waals surface area contributed by atoms with Crippen LogP contribution in [-0.2, 0) is 9.84 Å². The first-order chi connectivity index (χ1) is 11.4. The van der Waals surface area contributed by atoms with Crippen molar-refractivity contribution in [3.63, 3.8) is 0 Å². The standard InChI is InChI=1S/C16H19N5O2S/c1-11-5-7-18-16(19-11)20-9-12-8-13(10-20)21(12)15-14(24(2,22)23)4-3-6-17-15/h3-7,12-13H,8-10H2,1-2H3. The van der Waals surface area contributed by atoms with E-state index in [9.17, 15) is 8.42 Å². The van der Waals surface area contributed by atoms with Gasteiger partial charge in [-0.3, -0.25) is 0 Å². The molecule has 0 radical (unpaired) electrons. The summed E-state index contributed by atoms with van der Waals surface area (Å²) in [6.07, 6.45) is 5.70. The molecule has 5 rings (SSSR count). The minimum absolute atomic E-state index is 0.239. The lowest BCUT2D eigenvalue weighted by Gasteiger charge is -2.57. The molecule has 2 bridgehead atoms. The van der Waals surface area contributed by atoms with Crippen LogP contribution in [0.2, 0.25) is 0 Å². The molecule has 7 nitrogen and oxygen atoms in total.